The van der Waals surface area contributed by atoms with Crippen LogP contribution in [0.4, 0.5) is 0 Å². The normalized spacial score (nSPS) is 12.2. The highest BCUT2D eigenvalue weighted by atomic mass is 32.2. The van der Waals surface area contributed by atoms with Crippen LogP contribution in [0.5, 0.6) is 0 Å². The molecule has 1 aromatic carbocycles. The average molecular weight is 317 g/mol. The number of hydrogen-bond donors (Lipinski definition) is 1. The summed E-state index contributed by atoms with van der Waals surface area (Å²) in [6, 6.07) is 8.25. The fourth-order valence-corrected chi connectivity index (χ4v) is 2.98. The molecule has 1 unspecified atom stereocenters. The van der Waals surface area contributed by atoms with Crippen molar-refractivity contribution in [2.45, 2.75) is 44.4 Å². The van der Waals surface area contributed by atoms with E-state index in [2.05, 4.69) is 46.1 Å². The molecule has 1 atom stereocenters. The predicted octanol–water partition coefficient (Wildman–Crippen LogP) is 3.11. The third-order valence-electron chi connectivity index (χ3n) is 3.70. The molecule has 1 heterocycles. The van der Waals surface area contributed by atoms with Gasteiger partial charge in [-0.3, -0.25) is 4.79 Å². The maximum Gasteiger partial charge on any atom is 0.233 e. The average Bonchev–Trinajstić information content (AvgIpc) is 2.81. The Balaban J connectivity index is 1.79. The maximum absolute atomic E-state index is 12.1. The smallest absolute Gasteiger partial charge is 0.233 e. The van der Waals surface area contributed by atoms with Gasteiger partial charge >= 0.3 is 0 Å². The number of nitrogens with one attached hydrogen (secondary N) is 1. The predicted molar refractivity (Wildman–Crippen MR) is 91.2 cm³/mol. The van der Waals surface area contributed by atoms with Crippen LogP contribution in [0.15, 0.2) is 35.5 Å². The van der Waals surface area contributed by atoms with E-state index in [0.29, 0.717) is 6.54 Å². The Morgan fingerprint density at radius 1 is 1.27 bits per heavy atom. The van der Waals surface area contributed by atoms with Crippen LogP contribution in [0, 0.1) is 20.8 Å². The van der Waals surface area contributed by atoms with Crippen LogP contribution in [0.3, 0.4) is 0 Å². The molecule has 118 valence electrons. The van der Waals surface area contributed by atoms with Crippen molar-refractivity contribution in [2.24, 2.45) is 0 Å². The molecule has 2 rings (SSSR count). The SMILES string of the molecule is Cc1ccc(SC(C)C(=O)NCCn2cnc(C)c2C)cc1. The minimum Gasteiger partial charge on any atom is -0.353 e. The summed E-state index contributed by atoms with van der Waals surface area (Å²) in [7, 11) is 0. The Kier molecular flexibility index (Phi) is 5.66. The number of hydrogen-bond acceptors (Lipinski definition) is 3. The molecule has 0 aliphatic rings. The van der Waals surface area contributed by atoms with Gasteiger partial charge in [-0.1, -0.05) is 17.7 Å². The zero-order valence-electron chi connectivity index (χ0n) is 13.6. The highest BCUT2D eigenvalue weighted by Crippen LogP contribution is 2.23. The minimum atomic E-state index is -0.103. The zero-order chi connectivity index (χ0) is 16.1. The number of imidazole rings is 1. The third-order valence-corrected chi connectivity index (χ3v) is 4.81. The fourth-order valence-electron chi connectivity index (χ4n) is 2.09. The molecule has 1 aromatic heterocycles. The van der Waals surface area contributed by atoms with Gasteiger partial charge in [0.25, 0.3) is 0 Å². The van der Waals surface area contributed by atoms with Crippen LogP contribution in [0.1, 0.15) is 23.9 Å². The van der Waals surface area contributed by atoms with Crippen LogP contribution in [-0.2, 0) is 11.3 Å². The Bertz CT molecular complexity index is 634. The first-order chi connectivity index (χ1) is 10.5. The van der Waals surface area contributed by atoms with E-state index in [1.165, 1.54) is 5.56 Å². The van der Waals surface area contributed by atoms with Gasteiger partial charge in [-0.2, -0.15) is 0 Å². The summed E-state index contributed by atoms with van der Waals surface area (Å²) in [5.74, 6) is 0.0695. The van der Waals surface area contributed by atoms with Gasteiger partial charge in [0.1, 0.15) is 0 Å². The van der Waals surface area contributed by atoms with E-state index in [1.807, 2.05) is 27.1 Å². The van der Waals surface area contributed by atoms with Gasteiger partial charge in [0, 0.05) is 23.7 Å². The van der Waals surface area contributed by atoms with Crippen LogP contribution in [0.25, 0.3) is 0 Å². The van der Waals surface area contributed by atoms with Gasteiger partial charge in [-0.25, -0.2) is 4.98 Å². The monoisotopic (exact) mass is 317 g/mol. The van der Waals surface area contributed by atoms with Crippen molar-refractivity contribution in [2.75, 3.05) is 6.54 Å². The summed E-state index contributed by atoms with van der Waals surface area (Å²) in [4.78, 5) is 17.5. The van der Waals surface area contributed by atoms with Crippen molar-refractivity contribution in [3.05, 3.63) is 47.5 Å². The summed E-state index contributed by atoms with van der Waals surface area (Å²) in [6.45, 7) is 9.40. The summed E-state index contributed by atoms with van der Waals surface area (Å²) >= 11 is 1.58. The van der Waals surface area contributed by atoms with Gasteiger partial charge in [-0.05, 0) is 39.8 Å². The number of carbonyl (C=O) groups is 1. The Morgan fingerprint density at radius 3 is 2.55 bits per heavy atom. The first-order valence-corrected chi connectivity index (χ1v) is 8.34. The van der Waals surface area contributed by atoms with E-state index in [1.54, 1.807) is 11.8 Å². The zero-order valence-corrected chi connectivity index (χ0v) is 14.4. The molecule has 1 N–H and O–H groups in total. The molecule has 0 aliphatic carbocycles. The van der Waals surface area contributed by atoms with E-state index in [4.69, 9.17) is 0 Å². The molecular formula is C17H23N3OS. The number of rotatable bonds is 6. The number of amides is 1. The number of aryl methyl sites for hydroxylation is 2. The van der Waals surface area contributed by atoms with Crippen molar-refractivity contribution < 1.29 is 4.79 Å². The summed E-state index contributed by atoms with van der Waals surface area (Å²) < 4.78 is 2.06. The van der Waals surface area contributed by atoms with E-state index < -0.39 is 0 Å². The van der Waals surface area contributed by atoms with Gasteiger partial charge in [-0.15, -0.1) is 11.8 Å². The molecule has 0 saturated heterocycles. The quantitative estimate of drug-likeness (QED) is 0.833. The topological polar surface area (TPSA) is 46.9 Å². The molecule has 22 heavy (non-hydrogen) atoms. The van der Waals surface area contributed by atoms with Gasteiger partial charge in [0.2, 0.25) is 5.91 Å². The van der Waals surface area contributed by atoms with E-state index in [0.717, 1.165) is 22.8 Å². The molecule has 0 radical (unpaired) electrons. The maximum atomic E-state index is 12.1. The number of benzene rings is 1. The second-order valence-electron chi connectivity index (χ2n) is 5.47. The lowest BCUT2D eigenvalue weighted by atomic mass is 10.2. The second-order valence-corrected chi connectivity index (χ2v) is 6.89. The molecule has 2 aromatic rings. The lowest BCUT2D eigenvalue weighted by molar-refractivity contribution is -0.120. The lowest BCUT2D eigenvalue weighted by Gasteiger charge is -2.13. The second kappa shape index (κ2) is 7.49. The number of nitrogens with zero attached hydrogens (tertiary/aromatic N) is 2. The first-order valence-electron chi connectivity index (χ1n) is 7.46. The van der Waals surface area contributed by atoms with Crippen molar-refractivity contribution in [3.63, 3.8) is 0 Å². The fraction of sp³-hybridized carbons (Fsp3) is 0.412. The third kappa shape index (κ3) is 4.37. The number of aromatic nitrogens is 2. The van der Waals surface area contributed by atoms with E-state index in [9.17, 15) is 4.79 Å². The van der Waals surface area contributed by atoms with E-state index in [-0.39, 0.29) is 11.2 Å². The largest absolute Gasteiger partial charge is 0.353 e. The van der Waals surface area contributed by atoms with Crippen LogP contribution < -0.4 is 5.32 Å². The van der Waals surface area contributed by atoms with Crippen LogP contribution in [0.2, 0.25) is 0 Å². The Morgan fingerprint density at radius 2 is 1.95 bits per heavy atom. The summed E-state index contributed by atoms with van der Waals surface area (Å²) in [6.07, 6.45) is 1.82. The molecule has 0 saturated carbocycles. The van der Waals surface area contributed by atoms with Crippen molar-refractivity contribution in [1.82, 2.24) is 14.9 Å². The first kappa shape index (κ1) is 16.6. The highest BCUT2D eigenvalue weighted by molar-refractivity contribution is 8.00. The van der Waals surface area contributed by atoms with Gasteiger partial charge in [0.05, 0.1) is 17.3 Å². The molecule has 5 heteroatoms. The minimum absolute atomic E-state index is 0.0695. The standard InChI is InChI=1S/C17H23N3OS/c1-12-5-7-16(8-6-12)22-15(4)17(21)18-9-10-20-11-19-13(2)14(20)3/h5-8,11,15H,9-10H2,1-4H3,(H,18,21). The summed E-state index contributed by atoms with van der Waals surface area (Å²) in [5, 5.41) is 2.89. The van der Waals surface area contributed by atoms with Crippen molar-refractivity contribution in [1.29, 1.82) is 0 Å². The molecular weight excluding hydrogens is 294 g/mol. The van der Waals surface area contributed by atoms with Crippen molar-refractivity contribution in [3.8, 4) is 0 Å². The van der Waals surface area contributed by atoms with Gasteiger partial charge < -0.3 is 9.88 Å². The molecule has 0 bridgehead atoms. The van der Waals surface area contributed by atoms with E-state index >= 15 is 0 Å². The molecule has 4 nitrogen and oxygen atoms in total. The Hall–Kier alpha value is -1.75. The molecule has 0 aliphatic heterocycles. The summed E-state index contributed by atoms with van der Waals surface area (Å²) in [5.41, 5.74) is 3.42. The number of thioether (sulfide) groups is 1. The Labute approximate surface area is 136 Å². The molecule has 0 fully saturated rings. The van der Waals surface area contributed by atoms with Crippen LogP contribution >= 0.6 is 11.8 Å². The molecule has 1 amide bonds. The van der Waals surface area contributed by atoms with Crippen molar-refractivity contribution >= 4 is 17.7 Å². The lowest BCUT2D eigenvalue weighted by Crippen LogP contribution is -2.33. The highest BCUT2D eigenvalue weighted by Gasteiger charge is 2.13. The molecule has 0 spiro atoms. The van der Waals surface area contributed by atoms with Crippen LogP contribution in [-0.4, -0.2) is 27.3 Å². The van der Waals surface area contributed by atoms with Gasteiger partial charge in [0.15, 0.2) is 0 Å². The number of carbonyl (C=O) groups excluding carboxylic acids is 1.